The number of nitrogens with zero attached hydrogens (tertiary/aromatic N) is 3. The van der Waals surface area contributed by atoms with E-state index in [9.17, 15) is 9.18 Å². The molecule has 0 aliphatic carbocycles. The van der Waals surface area contributed by atoms with E-state index in [2.05, 4.69) is 26.3 Å². The van der Waals surface area contributed by atoms with Crippen molar-refractivity contribution in [2.45, 2.75) is 13.0 Å². The molecule has 27 heavy (non-hydrogen) atoms. The van der Waals surface area contributed by atoms with Gasteiger partial charge in [-0.1, -0.05) is 12.1 Å². The molecule has 8 heteroatoms. The SMILES string of the molecule is CN=C(NCCNC(=O)Cc1cccc(F)c1)N(C)Cc1cccn1C.I. The molecule has 0 radical (unpaired) electrons. The minimum absolute atomic E-state index is 0. The second-order valence-electron chi connectivity index (χ2n) is 6.10. The summed E-state index contributed by atoms with van der Waals surface area (Å²) in [6.07, 6.45) is 2.17. The monoisotopic (exact) mass is 487 g/mol. The first-order valence-electron chi connectivity index (χ1n) is 8.52. The maximum atomic E-state index is 13.1. The minimum atomic E-state index is -0.331. The fourth-order valence-corrected chi connectivity index (χ4v) is 2.63. The second-order valence-corrected chi connectivity index (χ2v) is 6.10. The number of carbonyl (C=O) groups is 1. The predicted octanol–water partition coefficient (Wildman–Crippen LogP) is 2.15. The first kappa shape index (κ1) is 22.9. The Morgan fingerprint density at radius 2 is 1.96 bits per heavy atom. The van der Waals surface area contributed by atoms with Crippen LogP contribution in [-0.4, -0.2) is 48.5 Å². The number of hydrogen-bond acceptors (Lipinski definition) is 2. The molecule has 0 spiro atoms. The van der Waals surface area contributed by atoms with Crippen molar-refractivity contribution in [1.82, 2.24) is 20.1 Å². The van der Waals surface area contributed by atoms with Gasteiger partial charge in [-0.25, -0.2) is 4.39 Å². The van der Waals surface area contributed by atoms with E-state index < -0.39 is 0 Å². The van der Waals surface area contributed by atoms with Crippen LogP contribution in [0.25, 0.3) is 0 Å². The number of aryl methyl sites for hydroxylation is 1. The molecule has 6 nitrogen and oxygen atoms in total. The number of aliphatic imine (C=N–C) groups is 1. The number of aromatic nitrogens is 1. The summed E-state index contributed by atoms with van der Waals surface area (Å²) in [7, 11) is 5.70. The van der Waals surface area contributed by atoms with Gasteiger partial charge in [0.1, 0.15) is 5.82 Å². The Bertz CT molecular complexity index is 762. The molecule has 2 rings (SSSR count). The van der Waals surface area contributed by atoms with E-state index in [4.69, 9.17) is 0 Å². The van der Waals surface area contributed by atoms with Crippen LogP contribution in [0.2, 0.25) is 0 Å². The number of nitrogens with one attached hydrogen (secondary N) is 2. The maximum Gasteiger partial charge on any atom is 0.224 e. The highest BCUT2D eigenvalue weighted by atomic mass is 127. The van der Waals surface area contributed by atoms with Gasteiger partial charge in [-0.15, -0.1) is 24.0 Å². The predicted molar refractivity (Wildman–Crippen MR) is 117 cm³/mol. The van der Waals surface area contributed by atoms with Gasteiger partial charge in [-0.2, -0.15) is 0 Å². The largest absolute Gasteiger partial charge is 0.354 e. The lowest BCUT2D eigenvalue weighted by atomic mass is 10.1. The van der Waals surface area contributed by atoms with Gasteiger partial charge in [0.05, 0.1) is 13.0 Å². The molecule has 0 aliphatic heterocycles. The van der Waals surface area contributed by atoms with Crippen LogP contribution in [0.5, 0.6) is 0 Å². The lowest BCUT2D eigenvalue weighted by Gasteiger charge is -2.22. The number of hydrogen-bond donors (Lipinski definition) is 2. The molecule has 1 heterocycles. The number of halogens is 2. The highest BCUT2D eigenvalue weighted by Crippen LogP contribution is 2.04. The van der Waals surface area contributed by atoms with E-state index >= 15 is 0 Å². The molecular weight excluding hydrogens is 460 g/mol. The molecule has 2 N–H and O–H groups in total. The highest BCUT2D eigenvalue weighted by Gasteiger charge is 2.08. The van der Waals surface area contributed by atoms with Crippen LogP contribution in [0.3, 0.4) is 0 Å². The average molecular weight is 487 g/mol. The molecule has 148 valence electrons. The van der Waals surface area contributed by atoms with E-state index in [0.29, 0.717) is 18.7 Å². The molecule has 1 aromatic heterocycles. The number of amides is 1. The Hall–Kier alpha value is -2.10. The summed E-state index contributed by atoms with van der Waals surface area (Å²) in [5, 5.41) is 6.04. The van der Waals surface area contributed by atoms with Crippen LogP contribution < -0.4 is 10.6 Å². The smallest absolute Gasteiger partial charge is 0.224 e. The summed E-state index contributed by atoms with van der Waals surface area (Å²) in [6, 6.07) is 10.2. The normalized spacial score (nSPS) is 10.9. The van der Waals surface area contributed by atoms with Crippen LogP contribution in [0, 0.1) is 5.82 Å². The van der Waals surface area contributed by atoms with Gasteiger partial charge in [-0.05, 0) is 29.8 Å². The van der Waals surface area contributed by atoms with E-state index in [1.165, 1.54) is 17.8 Å². The Kier molecular flexibility index (Phi) is 9.84. The van der Waals surface area contributed by atoms with Gasteiger partial charge in [0, 0.05) is 46.1 Å². The third kappa shape index (κ3) is 7.58. The summed E-state index contributed by atoms with van der Waals surface area (Å²) < 4.78 is 15.2. The van der Waals surface area contributed by atoms with Gasteiger partial charge in [-0.3, -0.25) is 9.79 Å². The zero-order chi connectivity index (χ0) is 18.9. The van der Waals surface area contributed by atoms with E-state index in [1.807, 2.05) is 31.3 Å². The Balaban J connectivity index is 0.00000364. The van der Waals surface area contributed by atoms with Gasteiger partial charge < -0.3 is 20.1 Å². The minimum Gasteiger partial charge on any atom is -0.354 e. The molecule has 0 unspecified atom stereocenters. The summed E-state index contributed by atoms with van der Waals surface area (Å²) in [5.74, 6) is 0.289. The van der Waals surface area contributed by atoms with Crippen molar-refractivity contribution in [2.24, 2.45) is 12.0 Å². The molecular formula is C19H27FIN5O. The third-order valence-corrected chi connectivity index (χ3v) is 4.01. The lowest BCUT2D eigenvalue weighted by Crippen LogP contribution is -2.42. The third-order valence-electron chi connectivity index (χ3n) is 4.01. The number of benzene rings is 1. The van der Waals surface area contributed by atoms with Crippen molar-refractivity contribution in [3.63, 3.8) is 0 Å². The molecule has 0 saturated heterocycles. The second kappa shape index (κ2) is 11.6. The van der Waals surface area contributed by atoms with E-state index in [0.717, 1.165) is 12.5 Å². The fraction of sp³-hybridized carbons (Fsp3) is 0.368. The van der Waals surface area contributed by atoms with Crippen LogP contribution in [0.15, 0.2) is 47.6 Å². The standard InChI is InChI=1S/C19H26FN5O.HI/c1-21-19(25(3)14-17-8-5-11-24(17)2)23-10-9-22-18(26)13-15-6-4-7-16(20)12-15;/h4-8,11-12H,9-10,13-14H2,1-3H3,(H,21,23)(H,22,26);1H. The topological polar surface area (TPSA) is 61.7 Å². The average Bonchev–Trinajstić information content (AvgIpc) is 2.99. The number of guanidine groups is 1. The molecule has 0 fully saturated rings. The van der Waals surface area contributed by atoms with Crippen LogP contribution >= 0.6 is 24.0 Å². The van der Waals surface area contributed by atoms with E-state index in [1.54, 1.807) is 19.2 Å². The van der Waals surface area contributed by atoms with Crippen molar-refractivity contribution >= 4 is 35.8 Å². The van der Waals surface area contributed by atoms with Crippen molar-refractivity contribution in [3.05, 3.63) is 59.7 Å². The van der Waals surface area contributed by atoms with Crippen molar-refractivity contribution in [2.75, 3.05) is 27.2 Å². The Morgan fingerprint density at radius 1 is 1.22 bits per heavy atom. The Labute approximate surface area is 176 Å². The summed E-state index contributed by atoms with van der Waals surface area (Å²) in [6.45, 7) is 1.75. The lowest BCUT2D eigenvalue weighted by molar-refractivity contribution is -0.120. The first-order valence-corrected chi connectivity index (χ1v) is 8.52. The van der Waals surface area contributed by atoms with Crippen molar-refractivity contribution in [3.8, 4) is 0 Å². The molecule has 0 saturated carbocycles. The Morgan fingerprint density at radius 3 is 2.59 bits per heavy atom. The highest BCUT2D eigenvalue weighted by molar-refractivity contribution is 14.0. The molecule has 1 aromatic carbocycles. The molecule has 2 aromatic rings. The summed E-state index contributed by atoms with van der Waals surface area (Å²) in [4.78, 5) is 18.2. The van der Waals surface area contributed by atoms with Crippen LogP contribution in [0.4, 0.5) is 4.39 Å². The molecule has 1 amide bonds. The quantitative estimate of drug-likeness (QED) is 0.273. The van der Waals surface area contributed by atoms with Gasteiger partial charge in [0.2, 0.25) is 5.91 Å². The van der Waals surface area contributed by atoms with Gasteiger partial charge >= 0.3 is 0 Å². The van der Waals surface area contributed by atoms with Crippen molar-refractivity contribution < 1.29 is 9.18 Å². The zero-order valence-electron chi connectivity index (χ0n) is 15.9. The fourth-order valence-electron chi connectivity index (χ4n) is 2.63. The summed E-state index contributed by atoms with van der Waals surface area (Å²) >= 11 is 0. The van der Waals surface area contributed by atoms with E-state index in [-0.39, 0.29) is 42.1 Å². The maximum absolute atomic E-state index is 13.1. The zero-order valence-corrected chi connectivity index (χ0v) is 18.2. The van der Waals surface area contributed by atoms with Crippen molar-refractivity contribution in [1.29, 1.82) is 0 Å². The molecule has 0 aliphatic rings. The summed E-state index contributed by atoms with van der Waals surface area (Å²) in [5.41, 5.74) is 1.84. The number of carbonyl (C=O) groups excluding carboxylic acids is 1. The van der Waals surface area contributed by atoms with Crippen LogP contribution in [0.1, 0.15) is 11.3 Å². The van der Waals surface area contributed by atoms with Crippen LogP contribution in [-0.2, 0) is 24.8 Å². The van der Waals surface area contributed by atoms with Gasteiger partial charge in [0.25, 0.3) is 0 Å². The van der Waals surface area contributed by atoms with Gasteiger partial charge in [0.15, 0.2) is 5.96 Å². The molecule has 0 bridgehead atoms. The molecule has 0 atom stereocenters. The number of rotatable bonds is 7. The first-order chi connectivity index (χ1) is 12.5.